The van der Waals surface area contributed by atoms with Crippen LogP contribution in [0.1, 0.15) is 5.56 Å². The predicted molar refractivity (Wildman–Crippen MR) is 136 cm³/mol. The summed E-state index contributed by atoms with van der Waals surface area (Å²) in [5.41, 5.74) is 2.21. The van der Waals surface area contributed by atoms with E-state index in [0.29, 0.717) is 13.1 Å². The van der Waals surface area contributed by atoms with Gasteiger partial charge in [-0.1, -0.05) is 53.7 Å². The predicted octanol–water partition coefficient (Wildman–Crippen LogP) is 4.94. The Morgan fingerprint density at radius 2 is 1.67 bits per heavy atom. The monoisotopic (exact) mass is 481 g/mol. The molecule has 0 spiro atoms. The number of hydrogen-bond acceptors (Lipinski definition) is 5. The Balaban J connectivity index is 1.27. The lowest BCUT2D eigenvalue weighted by molar-refractivity contribution is -0.122. The van der Waals surface area contributed by atoms with Gasteiger partial charge in [0.25, 0.3) is 0 Å². The lowest BCUT2D eigenvalue weighted by Crippen LogP contribution is -2.49. The van der Waals surface area contributed by atoms with Crippen LogP contribution in [0, 0.1) is 0 Å². The number of halogens is 1. The minimum absolute atomic E-state index is 0.0482. The molecule has 4 rings (SSSR count). The zero-order valence-corrected chi connectivity index (χ0v) is 20.2. The maximum Gasteiger partial charge on any atom is 0.234 e. The number of carbonyl (C=O) groups excluding carboxylic acids is 1. The summed E-state index contributed by atoms with van der Waals surface area (Å²) in [6.07, 6.45) is 0. The molecule has 0 aliphatic carbocycles. The van der Waals surface area contributed by atoms with E-state index in [1.807, 2.05) is 54.6 Å². The quantitative estimate of drug-likeness (QED) is 0.493. The minimum Gasteiger partial charge on any atom is -0.495 e. The normalized spacial score (nSPS) is 14.2. The molecule has 5 nitrogen and oxygen atoms in total. The molecular formula is C26H28ClN3O2S. The molecule has 7 heteroatoms. The van der Waals surface area contributed by atoms with Crippen LogP contribution in [0.2, 0.25) is 5.02 Å². The van der Waals surface area contributed by atoms with Crippen molar-refractivity contribution in [2.75, 3.05) is 44.7 Å². The van der Waals surface area contributed by atoms with Crippen molar-refractivity contribution in [2.24, 2.45) is 0 Å². The summed E-state index contributed by atoms with van der Waals surface area (Å²) >= 11 is 7.67. The van der Waals surface area contributed by atoms with Crippen molar-refractivity contribution in [1.82, 2.24) is 10.2 Å². The lowest BCUT2D eigenvalue weighted by Gasteiger charge is -2.36. The first-order valence-electron chi connectivity index (χ1n) is 11.0. The Labute approximate surface area is 204 Å². The van der Waals surface area contributed by atoms with Crippen molar-refractivity contribution < 1.29 is 9.53 Å². The first kappa shape index (κ1) is 23.5. The number of piperazine rings is 1. The topological polar surface area (TPSA) is 44.8 Å². The van der Waals surface area contributed by atoms with Crippen molar-refractivity contribution in [1.29, 1.82) is 0 Å². The van der Waals surface area contributed by atoms with Gasteiger partial charge in [0.15, 0.2) is 0 Å². The van der Waals surface area contributed by atoms with E-state index >= 15 is 0 Å². The second-order valence-corrected chi connectivity index (χ2v) is 9.43. The van der Waals surface area contributed by atoms with Gasteiger partial charge < -0.3 is 15.0 Å². The van der Waals surface area contributed by atoms with Gasteiger partial charge in [0.1, 0.15) is 5.75 Å². The van der Waals surface area contributed by atoms with E-state index in [9.17, 15) is 4.79 Å². The number of amides is 1. The number of methoxy groups -OCH3 is 1. The highest BCUT2D eigenvalue weighted by Gasteiger charge is 2.21. The molecule has 172 valence electrons. The van der Waals surface area contributed by atoms with Crippen LogP contribution in [0.3, 0.4) is 0 Å². The van der Waals surface area contributed by atoms with Crippen LogP contribution in [0.4, 0.5) is 5.69 Å². The van der Waals surface area contributed by atoms with E-state index in [-0.39, 0.29) is 5.91 Å². The van der Waals surface area contributed by atoms with Gasteiger partial charge in [-0.3, -0.25) is 9.69 Å². The number of anilines is 1. The highest BCUT2D eigenvalue weighted by Crippen LogP contribution is 2.31. The first-order valence-corrected chi connectivity index (χ1v) is 12.2. The second kappa shape index (κ2) is 11.5. The second-order valence-electron chi connectivity index (χ2n) is 7.88. The van der Waals surface area contributed by atoms with Crippen molar-refractivity contribution in [3.05, 3.63) is 83.4 Å². The smallest absolute Gasteiger partial charge is 0.234 e. The average molecular weight is 482 g/mol. The zero-order valence-electron chi connectivity index (χ0n) is 18.7. The van der Waals surface area contributed by atoms with E-state index in [0.717, 1.165) is 58.0 Å². The molecule has 1 aliphatic rings. The van der Waals surface area contributed by atoms with Gasteiger partial charge in [-0.15, -0.1) is 0 Å². The fourth-order valence-electron chi connectivity index (χ4n) is 3.87. The van der Waals surface area contributed by atoms with Gasteiger partial charge in [-0.2, -0.15) is 0 Å². The van der Waals surface area contributed by atoms with Crippen molar-refractivity contribution in [3.8, 4) is 5.75 Å². The van der Waals surface area contributed by atoms with Crippen LogP contribution in [0.5, 0.6) is 5.75 Å². The van der Waals surface area contributed by atoms with E-state index < -0.39 is 0 Å². The highest BCUT2D eigenvalue weighted by molar-refractivity contribution is 7.99. The number of rotatable bonds is 8. The number of nitrogens with zero attached hydrogens (tertiary/aromatic N) is 2. The summed E-state index contributed by atoms with van der Waals surface area (Å²) in [7, 11) is 1.70. The van der Waals surface area contributed by atoms with Gasteiger partial charge in [0, 0.05) is 47.5 Å². The van der Waals surface area contributed by atoms with Gasteiger partial charge in [0.05, 0.1) is 19.3 Å². The van der Waals surface area contributed by atoms with Crippen LogP contribution in [0.25, 0.3) is 0 Å². The molecule has 1 aliphatic heterocycles. The third-order valence-corrected chi connectivity index (χ3v) is 7.03. The Morgan fingerprint density at radius 3 is 2.42 bits per heavy atom. The Kier molecular flexibility index (Phi) is 8.15. The molecular weight excluding hydrogens is 454 g/mol. The molecule has 0 radical (unpaired) electrons. The Morgan fingerprint density at radius 1 is 0.970 bits per heavy atom. The SMILES string of the molecule is COc1ccccc1N1CCN(CC(=O)NCc2ccccc2Sc2ccc(Cl)cc2)CC1. The summed E-state index contributed by atoms with van der Waals surface area (Å²) < 4.78 is 5.49. The number of nitrogens with one attached hydrogen (secondary N) is 1. The molecule has 1 N–H and O–H groups in total. The van der Waals surface area contributed by atoms with E-state index in [1.54, 1.807) is 18.9 Å². The first-order chi connectivity index (χ1) is 16.1. The van der Waals surface area contributed by atoms with E-state index in [1.165, 1.54) is 0 Å². The molecule has 1 heterocycles. The van der Waals surface area contributed by atoms with Crippen LogP contribution in [-0.4, -0.2) is 50.6 Å². The van der Waals surface area contributed by atoms with Gasteiger partial charge in [-0.25, -0.2) is 0 Å². The number of carbonyl (C=O) groups is 1. The van der Waals surface area contributed by atoms with Crippen molar-refractivity contribution in [2.45, 2.75) is 16.3 Å². The molecule has 33 heavy (non-hydrogen) atoms. The molecule has 0 unspecified atom stereocenters. The van der Waals surface area contributed by atoms with Crippen LogP contribution in [-0.2, 0) is 11.3 Å². The molecule has 1 saturated heterocycles. The lowest BCUT2D eigenvalue weighted by atomic mass is 10.2. The zero-order chi connectivity index (χ0) is 23.0. The van der Waals surface area contributed by atoms with E-state index in [4.69, 9.17) is 16.3 Å². The summed E-state index contributed by atoms with van der Waals surface area (Å²) in [5, 5.41) is 3.82. The van der Waals surface area contributed by atoms with Crippen LogP contribution < -0.4 is 15.0 Å². The van der Waals surface area contributed by atoms with Crippen molar-refractivity contribution >= 4 is 35.0 Å². The third kappa shape index (κ3) is 6.44. The van der Waals surface area contributed by atoms with Crippen LogP contribution in [0.15, 0.2) is 82.6 Å². The fourth-order valence-corrected chi connectivity index (χ4v) is 4.94. The maximum atomic E-state index is 12.6. The molecule has 1 fully saturated rings. The standard InChI is InChI=1S/C26H28ClN3O2S/c1-32-24-8-4-3-7-23(24)30-16-14-29(15-17-30)19-26(31)28-18-20-6-2-5-9-25(20)33-22-12-10-21(27)11-13-22/h2-13H,14-19H2,1H3,(H,28,31). The van der Waals surface area contributed by atoms with Gasteiger partial charge >= 0.3 is 0 Å². The number of para-hydroxylation sites is 2. The number of benzene rings is 3. The average Bonchev–Trinajstić information content (AvgIpc) is 2.85. The van der Waals surface area contributed by atoms with Crippen molar-refractivity contribution in [3.63, 3.8) is 0 Å². The molecule has 3 aromatic rings. The third-order valence-electron chi connectivity index (χ3n) is 5.66. The van der Waals surface area contributed by atoms with Crippen LogP contribution >= 0.6 is 23.4 Å². The highest BCUT2D eigenvalue weighted by atomic mass is 35.5. The molecule has 0 aromatic heterocycles. The molecule has 0 atom stereocenters. The maximum absolute atomic E-state index is 12.6. The molecule has 0 saturated carbocycles. The summed E-state index contributed by atoms with van der Waals surface area (Å²) in [6, 6.07) is 24.0. The molecule has 3 aromatic carbocycles. The number of hydrogen-bond donors (Lipinski definition) is 1. The largest absolute Gasteiger partial charge is 0.495 e. The summed E-state index contributed by atoms with van der Waals surface area (Å²) in [6.45, 7) is 4.34. The van der Waals surface area contributed by atoms with E-state index in [2.05, 4.69) is 33.3 Å². The summed E-state index contributed by atoms with van der Waals surface area (Å²) in [4.78, 5) is 19.4. The Hall–Kier alpha value is -2.67. The summed E-state index contributed by atoms with van der Waals surface area (Å²) in [5.74, 6) is 0.936. The fraction of sp³-hybridized carbons (Fsp3) is 0.269. The molecule has 1 amide bonds. The van der Waals surface area contributed by atoms with Gasteiger partial charge in [-0.05, 0) is 48.0 Å². The Bertz CT molecular complexity index is 1070. The minimum atomic E-state index is 0.0482. The number of ether oxygens (including phenoxy) is 1. The molecule has 0 bridgehead atoms. The van der Waals surface area contributed by atoms with Gasteiger partial charge in [0.2, 0.25) is 5.91 Å².